The van der Waals surface area contributed by atoms with Gasteiger partial charge in [0, 0.05) is 11.4 Å². The average molecular weight is 384 g/mol. The molecule has 0 spiro atoms. The number of hydrogen-bond donors (Lipinski definition) is 1. The number of carbonyl (C=O) groups is 1. The normalized spacial score (nSPS) is 10.9. The highest BCUT2D eigenvalue weighted by molar-refractivity contribution is 6.29. The van der Waals surface area contributed by atoms with Crippen LogP contribution in [0, 0.1) is 11.6 Å². The van der Waals surface area contributed by atoms with Gasteiger partial charge in [-0.2, -0.15) is 0 Å². The Bertz CT molecular complexity index is 1160. The van der Waals surface area contributed by atoms with Crippen LogP contribution in [0.3, 0.4) is 0 Å². The molecule has 0 bridgehead atoms. The van der Waals surface area contributed by atoms with Gasteiger partial charge in [0.05, 0.1) is 16.6 Å². The van der Waals surface area contributed by atoms with E-state index < -0.39 is 17.5 Å². The van der Waals surface area contributed by atoms with Crippen molar-refractivity contribution in [1.29, 1.82) is 0 Å². The predicted molar refractivity (Wildman–Crippen MR) is 100 cm³/mol. The second kappa shape index (κ2) is 6.81. The molecule has 0 aliphatic carbocycles. The molecule has 0 aliphatic heterocycles. The number of aromatic nitrogens is 2. The molecule has 4 aromatic rings. The number of amides is 1. The molecule has 27 heavy (non-hydrogen) atoms. The van der Waals surface area contributed by atoms with E-state index in [0.717, 1.165) is 22.8 Å². The molecule has 0 saturated carbocycles. The molecule has 4 rings (SSSR count). The van der Waals surface area contributed by atoms with Crippen molar-refractivity contribution in [3.63, 3.8) is 0 Å². The summed E-state index contributed by atoms with van der Waals surface area (Å²) in [6.45, 7) is 0. The first-order valence-electron chi connectivity index (χ1n) is 8.03. The fourth-order valence-electron chi connectivity index (χ4n) is 2.81. The fraction of sp³-hybridized carbons (Fsp3) is 0. The predicted octanol–water partition coefficient (Wildman–Crippen LogP) is 5.21. The number of benzene rings is 3. The van der Waals surface area contributed by atoms with Gasteiger partial charge >= 0.3 is 0 Å². The van der Waals surface area contributed by atoms with Crippen molar-refractivity contribution in [1.82, 2.24) is 9.55 Å². The van der Waals surface area contributed by atoms with Crippen molar-refractivity contribution < 1.29 is 13.6 Å². The summed E-state index contributed by atoms with van der Waals surface area (Å²) in [6.07, 6.45) is 0. The van der Waals surface area contributed by atoms with Crippen molar-refractivity contribution in [3.8, 4) is 5.69 Å². The molecule has 7 heteroatoms. The molecule has 1 N–H and O–H groups in total. The highest BCUT2D eigenvalue weighted by Crippen LogP contribution is 2.25. The highest BCUT2D eigenvalue weighted by Gasteiger charge is 2.15. The number of halogens is 3. The third kappa shape index (κ3) is 3.15. The molecule has 4 nitrogen and oxygen atoms in total. The monoisotopic (exact) mass is 383 g/mol. The molecule has 3 aromatic carbocycles. The molecule has 0 atom stereocenters. The van der Waals surface area contributed by atoms with E-state index in [-0.39, 0.29) is 5.56 Å². The third-order valence-corrected chi connectivity index (χ3v) is 4.35. The van der Waals surface area contributed by atoms with E-state index >= 15 is 0 Å². The molecule has 1 amide bonds. The molecule has 134 valence electrons. The Kier molecular flexibility index (Phi) is 4.33. The fourth-order valence-corrected chi connectivity index (χ4v) is 3.09. The lowest BCUT2D eigenvalue weighted by molar-refractivity contribution is 0.102. The Hall–Kier alpha value is -3.25. The number of nitrogens with zero attached hydrogens (tertiary/aromatic N) is 2. The van der Waals surface area contributed by atoms with Crippen LogP contribution in [0.1, 0.15) is 10.4 Å². The first kappa shape index (κ1) is 17.2. The summed E-state index contributed by atoms with van der Waals surface area (Å²) in [7, 11) is 0. The van der Waals surface area contributed by atoms with E-state index in [9.17, 15) is 13.6 Å². The molecular formula is C20H12ClF2N3O. The van der Waals surface area contributed by atoms with Crippen molar-refractivity contribution in [2.24, 2.45) is 0 Å². The molecule has 1 heterocycles. The number of para-hydroxylation sites is 2. The second-order valence-electron chi connectivity index (χ2n) is 5.81. The number of fused-ring (bicyclic) bond motifs is 1. The largest absolute Gasteiger partial charge is 0.322 e. The van der Waals surface area contributed by atoms with Gasteiger partial charge < -0.3 is 5.32 Å². The smallest absolute Gasteiger partial charge is 0.258 e. The SMILES string of the molecule is O=C(Nc1ccc(-n2c(Cl)nc3ccccc32)cc1)c1cccc(F)c1F. The minimum atomic E-state index is -1.18. The summed E-state index contributed by atoms with van der Waals surface area (Å²) in [6, 6.07) is 17.8. The lowest BCUT2D eigenvalue weighted by atomic mass is 10.2. The van der Waals surface area contributed by atoms with E-state index in [1.807, 2.05) is 24.3 Å². The van der Waals surface area contributed by atoms with Gasteiger partial charge in [-0.25, -0.2) is 13.8 Å². The summed E-state index contributed by atoms with van der Waals surface area (Å²) in [5.74, 6) is -2.98. The zero-order valence-corrected chi connectivity index (χ0v) is 14.5. The van der Waals surface area contributed by atoms with Gasteiger partial charge in [-0.1, -0.05) is 18.2 Å². The summed E-state index contributed by atoms with van der Waals surface area (Å²) >= 11 is 6.24. The first-order chi connectivity index (χ1) is 13.0. The molecule has 0 aliphatic rings. The van der Waals surface area contributed by atoms with E-state index in [1.165, 1.54) is 12.1 Å². The second-order valence-corrected chi connectivity index (χ2v) is 6.15. The lowest BCUT2D eigenvalue weighted by Gasteiger charge is -2.09. The highest BCUT2D eigenvalue weighted by atomic mass is 35.5. The number of anilines is 1. The van der Waals surface area contributed by atoms with Gasteiger partial charge in [-0.15, -0.1) is 0 Å². The van der Waals surface area contributed by atoms with Gasteiger partial charge in [-0.05, 0) is 60.1 Å². The third-order valence-electron chi connectivity index (χ3n) is 4.10. The Morgan fingerprint density at radius 2 is 1.70 bits per heavy atom. The maximum absolute atomic E-state index is 13.7. The number of hydrogen-bond acceptors (Lipinski definition) is 2. The van der Waals surface area contributed by atoms with Crippen molar-refractivity contribution >= 4 is 34.2 Å². The van der Waals surface area contributed by atoms with Crippen LogP contribution in [0.25, 0.3) is 16.7 Å². The molecule has 0 fully saturated rings. The van der Waals surface area contributed by atoms with E-state index in [4.69, 9.17) is 11.6 Å². The molecule has 1 aromatic heterocycles. The quantitative estimate of drug-likeness (QED) is 0.528. The number of rotatable bonds is 3. The molecule has 0 unspecified atom stereocenters. The average Bonchev–Trinajstić information content (AvgIpc) is 3.00. The molecular weight excluding hydrogens is 372 g/mol. The maximum atomic E-state index is 13.7. The van der Waals surface area contributed by atoms with Gasteiger partial charge in [0.1, 0.15) is 0 Å². The number of imidazole rings is 1. The Morgan fingerprint density at radius 1 is 0.963 bits per heavy atom. The first-order valence-corrected chi connectivity index (χ1v) is 8.41. The van der Waals surface area contributed by atoms with Gasteiger partial charge in [0.2, 0.25) is 5.28 Å². The van der Waals surface area contributed by atoms with Crippen LogP contribution >= 0.6 is 11.6 Å². The maximum Gasteiger partial charge on any atom is 0.258 e. The minimum Gasteiger partial charge on any atom is -0.322 e. The van der Waals surface area contributed by atoms with Crippen LogP contribution in [-0.4, -0.2) is 15.5 Å². The molecule has 0 radical (unpaired) electrons. The standard InChI is InChI=1S/C20H12ClF2N3O/c21-20-25-16-6-1-2-7-17(16)26(20)13-10-8-12(9-11-13)24-19(27)14-4-3-5-15(22)18(14)23/h1-11H,(H,24,27). The van der Waals surface area contributed by atoms with Crippen LogP contribution in [0.5, 0.6) is 0 Å². The van der Waals surface area contributed by atoms with Crippen LogP contribution < -0.4 is 5.32 Å². The van der Waals surface area contributed by atoms with Crippen LogP contribution in [0.2, 0.25) is 5.28 Å². The van der Waals surface area contributed by atoms with Crippen LogP contribution in [-0.2, 0) is 0 Å². The minimum absolute atomic E-state index is 0.315. The van der Waals surface area contributed by atoms with E-state index in [1.54, 1.807) is 28.8 Å². The van der Waals surface area contributed by atoms with Gasteiger partial charge in [0.15, 0.2) is 11.6 Å². The molecule has 0 saturated heterocycles. The van der Waals surface area contributed by atoms with E-state index in [0.29, 0.717) is 11.0 Å². The summed E-state index contributed by atoms with van der Waals surface area (Å²) in [4.78, 5) is 16.5. The van der Waals surface area contributed by atoms with Crippen molar-refractivity contribution in [2.45, 2.75) is 0 Å². The Morgan fingerprint density at radius 3 is 2.48 bits per heavy atom. The van der Waals surface area contributed by atoms with Crippen molar-refractivity contribution in [2.75, 3.05) is 5.32 Å². The Labute approximate surface area is 158 Å². The van der Waals surface area contributed by atoms with Gasteiger partial charge in [-0.3, -0.25) is 9.36 Å². The number of nitrogens with one attached hydrogen (secondary N) is 1. The summed E-state index contributed by atoms with van der Waals surface area (Å²) in [5.41, 5.74) is 2.45. The van der Waals surface area contributed by atoms with Crippen LogP contribution in [0.15, 0.2) is 66.7 Å². The number of carbonyl (C=O) groups excluding carboxylic acids is 1. The van der Waals surface area contributed by atoms with Crippen molar-refractivity contribution in [3.05, 3.63) is 89.2 Å². The summed E-state index contributed by atoms with van der Waals surface area (Å²) < 4.78 is 28.8. The Balaban J connectivity index is 1.62. The summed E-state index contributed by atoms with van der Waals surface area (Å²) in [5, 5.41) is 2.86. The zero-order valence-electron chi connectivity index (χ0n) is 13.8. The van der Waals surface area contributed by atoms with Gasteiger partial charge in [0.25, 0.3) is 5.91 Å². The zero-order chi connectivity index (χ0) is 19.0. The topological polar surface area (TPSA) is 46.9 Å². The lowest BCUT2D eigenvalue weighted by Crippen LogP contribution is -2.14. The van der Waals surface area contributed by atoms with E-state index in [2.05, 4.69) is 10.3 Å². The van der Waals surface area contributed by atoms with Crippen LogP contribution in [0.4, 0.5) is 14.5 Å².